The normalized spacial score (nSPS) is 40.0. The predicted molar refractivity (Wildman–Crippen MR) is 35.1 cm³/mol. The first-order chi connectivity index (χ1) is 3.97. The maximum absolute atomic E-state index is 4.19. The Morgan fingerprint density at radius 1 is 1.38 bits per heavy atom. The van der Waals surface area contributed by atoms with Crippen LogP contribution in [0.4, 0.5) is 0 Å². The molecule has 0 aromatic carbocycles. The maximum atomic E-state index is 4.19. The van der Waals surface area contributed by atoms with Crippen molar-refractivity contribution < 1.29 is 0 Å². The summed E-state index contributed by atoms with van der Waals surface area (Å²) >= 11 is 0. The van der Waals surface area contributed by atoms with Crippen LogP contribution in [0.2, 0.25) is 6.32 Å². The highest BCUT2D eigenvalue weighted by Gasteiger charge is 2.31. The third kappa shape index (κ3) is 0.442. The van der Waals surface area contributed by atoms with Gasteiger partial charge in [-0.05, 0) is 0 Å². The number of nitrogens with zero attached hydrogens (tertiary/aromatic N) is 2. The Morgan fingerprint density at radius 2 is 2.25 bits per heavy atom. The van der Waals surface area contributed by atoms with Gasteiger partial charge in [-0.3, -0.25) is 9.98 Å². The first kappa shape index (κ1) is 4.30. The van der Waals surface area contributed by atoms with Crippen LogP contribution in [0.15, 0.2) is 9.98 Å². The van der Waals surface area contributed by atoms with E-state index in [-0.39, 0.29) is 0 Å². The molecular formula is C5H6BN2. The van der Waals surface area contributed by atoms with Gasteiger partial charge < -0.3 is 0 Å². The van der Waals surface area contributed by atoms with Crippen molar-refractivity contribution in [2.45, 2.75) is 18.3 Å². The molecule has 2 heterocycles. The molecule has 2 nitrogen and oxygen atoms in total. The van der Waals surface area contributed by atoms with Crippen LogP contribution in [0, 0.1) is 0 Å². The average Bonchev–Trinajstić information content (AvgIpc) is 1.72. The molecule has 0 aliphatic carbocycles. The van der Waals surface area contributed by atoms with E-state index in [0.29, 0.717) is 12.0 Å². The molecule has 2 rings (SSSR count). The first-order valence-electron chi connectivity index (χ1n) is 2.85. The topological polar surface area (TPSA) is 24.7 Å². The number of fused-ring (bicyclic) bond motifs is 1. The fourth-order valence-corrected chi connectivity index (χ4v) is 0.976. The van der Waals surface area contributed by atoms with E-state index in [2.05, 4.69) is 17.3 Å². The average molecular weight is 105 g/mol. The lowest BCUT2D eigenvalue weighted by atomic mass is 9.49. The zero-order chi connectivity index (χ0) is 5.40. The number of hydrogen-bond acceptors (Lipinski definition) is 2. The molecule has 39 valence electrons. The van der Waals surface area contributed by atoms with Crippen molar-refractivity contribution >= 4 is 19.7 Å². The Bertz CT molecular complexity index is 135. The van der Waals surface area contributed by atoms with Crippen molar-refractivity contribution in [2.24, 2.45) is 9.98 Å². The molecule has 0 amide bonds. The molecular weight excluding hydrogens is 98.9 g/mol. The van der Waals surface area contributed by atoms with Crippen molar-refractivity contribution in [1.29, 1.82) is 0 Å². The van der Waals surface area contributed by atoms with E-state index >= 15 is 0 Å². The highest BCUT2D eigenvalue weighted by molar-refractivity contribution is 6.44. The van der Waals surface area contributed by atoms with E-state index in [1.165, 1.54) is 0 Å². The lowest BCUT2D eigenvalue weighted by Crippen LogP contribution is -2.42. The molecule has 1 fully saturated rings. The minimum absolute atomic E-state index is 0.431. The third-order valence-corrected chi connectivity index (χ3v) is 1.62. The van der Waals surface area contributed by atoms with Crippen LogP contribution in [0.1, 0.15) is 0 Å². The Labute approximate surface area is 49.0 Å². The van der Waals surface area contributed by atoms with Crippen molar-refractivity contribution in [3.05, 3.63) is 0 Å². The largest absolute Gasteiger partial charge is 0.295 e. The fourth-order valence-electron chi connectivity index (χ4n) is 0.976. The second-order valence-electron chi connectivity index (χ2n) is 2.13. The molecule has 0 saturated carbocycles. The van der Waals surface area contributed by atoms with E-state index < -0.39 is 0 Å². The fraction of sp³-hybridized carbons (Fsp3) is 0.600. The van der Waals surface area contributed by atoms with Gasteiger partial charge >= 0.3 is 0 Å². The van der Waals surface area contributed by atoms with Gasteiger partial charge in [0.15, 0.2) is 0 Å². The minimum atomic E-state index is 0.431. The molecule has 2 aliphatic rings. The summed E-state index contributed by atoms with van der Waals surface area (Å²) in [5.74, 6) is 0.431. The second kappa shape index (κ2) is 1.44. The zero-order valence-corrected chi connectivity index (χ0v) is 4.49. The summed E-state index contributed by atoms with van der Waals surface area (Å²) < 4.78 is 0. The molecule has 2 atom stereocenters. The molecule has 0 N–H and O–H groups in total. The number of aliphatic imine (C=N–C) groups is 2. The van der Waals surface area contributed by atoms with Crippen molar-refractivity contribution in [3.8, 4) is 0 Å². The monoisotopic (exact) mass is 105 g/mol. The van der Waals surface area contributed by atoms with E-state index in [0.717, 1.165) is 6.32 Å². The van der Waals surface area contributed by atoms with Crippen molar-refractivity contribution in [3.63, 3.8) is 0 Å². The third-order valence-electron chi connectivity index (χ3n) is 1.62. The van der Waals surface area contributed by atoms with E-state index in [4.69, 9.17) is 0 Å². The van der Waals surface area contributed by atoms with E-state index in [1.807, 2.05) is 0 Å². The van der Waals surface area contributed by atoms with E-state index in [1.54, 1.807) is 12.4 Å². The summed E-state index contributed by atoms with van der Waals surface area (Å²) in [4.78, 5) is 8.36. The smallest absolute Gasteiger partial charge is 0.148 e. The molecule has 1 radical (unpaired) electrons. The van der Waals surface area contributed by atoms with Crippen LogP contribution in [-0.4, -0.2) is 31.7 Å². The van der Waals surface area contributed by atoms with Crippen molar-refractivity contribution in [2.75, 3.05) is 0 Å². The van der Waals surface area contributed by atoms with Gasteiger partial charge in [-0.1, -0.05) is 6.32 Å². The molecule has 0 aromatic heterocycles. The second-order valence-corrected chi connectivity index (χ2v) is 2.13. The lowest BCUT2D eigenvalue weighted by molar-refractivity contribution is 0.633. The number of hydrogen-bond donors (Lipinski definition) is 0. The molecule has 2 aliphatic heterocycles. The highest BCUT2D eigenvalue weighted by Crippen LogP contribution is 2.20. The quantitative estimate of drug-likeness (QED) is 0.386. The summed E-state index contributed by atoms with van der Waals surface area (Å²) in [5, 5.41) is 0. The number of rotatable bonds is 0. The van der Waals surface area contributed by atoms with Crippen molar-refractivity contribution in [1.82, 2.24) is 0 Å². The Balaban J connectivity index is 2.17. The lowest BCUT2D eigenvalue weighted by Gasteiger charge is -2.30. The van der Waals surface area contributed by atoms with Gasteiger partial charge in [-0.15, -0.1) is 0 Å². The van der Waals surface area contributed by atoms with Gasteiger partial charge in [0.25, 0.3) is 0 Å². The van der Waals surface area contributed by atoms with Crippen LogP contribution in [0.5, 0.6) is 0 Å². The minimum Gasteiger partial charge on any atom is -0.295 e. The molecule has 0 bridgehead atoms. The molecule has 8 heavy (non-hydrogen) atoms. The Hall–Kier alpha value is -0.595. The van der Waals surface area contributed by atoms with E-state index in [9.17, 15) is 0 Å². The van der Waals surface area contributed by atoms with Gasteiger partial charge in [0, 0.05) is 18.4 Å². The molecule has 2 unspecified atom stereocenters. The zero-order valence-electron chi connectivity index (χ0n) is 4.49. The van der Waals surface area contributed by atoms with Gasteiger partial charge in [-0.25, -0.2) is 0 Å². The molecule has 1 saturated heterocycles. The van der Waals surface area contributed by atoms with Crippen LogP contribution >= 0.6 is 0 Å². The Morgan fingerprint density at radius 3 is 2.62 bits per heavy atom. The molecule has 0 spiro atoms. The summed E-state index contributed by atoms with van der Waals surface area (Å²) in [6, 6.07) is 0.500. The Kier molecular flexibility index (Phi) is 0.773. The van der Waals surface area contributed by atoms with Gasteiger partial charge in [-0.2, -0.15) is 0 Å². The van der Waals surface area contributed by atoms with Crippen LogP contribution in [-0.2, 0) is 0 Å². The highest BCUT2D eigenvalue weighted by atomic mass is 14.9. The summed E-state index contributed by atoms with van der Waals surface area (Å²) in [6.07, 6.45) is 4.68. The van der Waals surface area contributed by atoms with Crippen LogP contribution in [0.3, 0.4) is 0 Å². The van der Waals surface area contributed by atoms with Gasteiger partial charge in [0.05, 0.1) is 6.04 Å². The SMILES string of the molecule is [B]1CC2N=CC=NC12. The summed E-state index contributed by atoms with van der Waals surface area (Å²) in [7, 11) is 2.19. The molecule has 3 heteroatoms. The van der Waals surface area contributed by atoms with Gasteiger partial charge in [0.1, 0.15) is 7.28 Å². The standard InChI is InChI=1S/C5H6BN2/c1-2-8-5-4(7-1)3-6-5/h1-2,4-5H,3H2. The first-order valence-corrected chi connectivity index (χ1v) is 2.85. The maximum Gasteiger partial charge on any atom is 0.148 e. The van der Waals surface area contributed by atoms with Crippen LogP contribution < -0.4 is 0 Å². The van der Waals surface area contributed by atoms with Crippen LogP contribution in [0.25, 0.3) is 0 Å². The molecule has 0 aromatic rings. The summed E-state index contributed by atoms with van der Waals surface area (Å²) in [5.41, 5.74) is 0. The van der Waals surface area contributed by atoms with Gasteiger partial charge in [0.2, 0.25) is 0 Å². The predicted octanol–water partition coefficient (Wildman–Crippen LogP) is -0.0276. The summed E-state index contributed by atoms with van der Waals surface area (Å²) in [6.45, 7) is 0.